The minimum absolute atomic E-state index is 0. The molecule has 12 aromatic heterocycles. The topological polar surface area (TPSA) is 594 Å². The second-order valence-corrected chi connectivity index (χ2v) is 38.1. The first-order chi connectivity index (χ1) is 60.9. The number of aromatic amines is 6. The molecule has 15 heterocycles. The minimum atomic E-state index is -3.22. The molecule has 0 aliphatic carbocycles. The van der Waals surface area contributed by atoms with E-state index < -0.39 is 5.20 Å². The van der Waals surface area contributed by atoms with Gasteiger partial charge in [-0.1, -0.05) is 71.5 Å². The van der Waals surface area contributed by atoms with Gasteiger partial charge in [-0.25, -0.2) is 39.3 Å². The molecule has 3 aliphatic heterocycles. The maximum Gasteiger partial charge on any atom is 0.514 e. The van der Waals surface area contributed by atoms with Gasteiger partial charge >= 0.3 is 12.3 Å². The zero-order valence-corrected chi connectivity index (χ0v) is 78.0. The number of H-pyrrole nitrogens is 6. The van der Waals surface area contributed by atoms with Crippen LogP contribution in [-0.2, 0) is 23.3 Å². The lowest BCUT2D eigenvalue weighted by Crippen LogP contribution is -2.42. The Labute approximate surface area is 780 Å². The van der Waals surface area contributed by atoms with E-state index in [1.165, 1.54) is 6.42 Å². The van der Waals surface area contributed by atoms with Crippen LogP contribution in [0.25, 0.3) is 77.0 Å². The summed E-state index contributed by atoms with van der Waals surface area (Å²) >= 11 is 29.7. The SMILES string of the molecule is CC1(C)OB(c2ccnn2C2CCCCO2)OC1(C)C.CO.Cl.Nc1ccn[nH]1.Nc1nc(Cl)c2ccc(Br)cc2n1.Nc1nc(Nc2ccn[nH]2)c2ccc(-c3ccn[nH]3)cc2n1.Nc1nc(Nc2ccn[nH]2)c2ccc(-c3ccnn3C3CCCCO3)cc2n1.Nc1nc(Nc2ccn[nH]2)c2ccc(Br)cc2n1.Nc1nc2cc(Br)ccc2c(=O)[nH]1.O=P(Cl)(Cl)Cl. The average molecular weight is 2060 g/mol. The Morgan fingerprint density at radius 3 is 1.31 bits per heavy atom. The standard InChI is InChI=1S/C19H20N8O.C14H23BN2O3.C14H12N8.C11H9BrN6.C8H5BrClN3.C8H6BrN3O.C3H5N3.CH4O.Cl3OP.ClH/c20-19-23-14-11-12(15-6-9-22-27(15)17-3-1-2-10-28-17)4-5-13(14)18(25-19)24-16-7-8-21-26-16;1-13(2)14(3,4)20-15(19-13)11-8-9-16-17(11)12-7-5-6-10-18-12;15-14-18-11-7-8(10-3-5-16-21-10)1-2-9(11)13(20-14)19-12-4-6-17-22-12;12-6-1-2-7-8(5-6)15-11(13)17-10(7)16-9-3-4-14-18-9;9-4-1-2-5-6(3-4)12-8(11)13-7(5)10;9-4-1-2-5-6(3-4)11-8(10)12-7(5)13;4-3-1-2-5-6-3;1-2;1-5(2,3)4;/h4-9,11,17H,1-3,10H2,(H4,20,21,23,24,25,26);8-9,12H,5-7,10H2,1-4H3;1-7H,(H,16,21)(H4,15,17,18,19,20,22);1-5H,(H4,13,14,15,16,17,18);1-3H,(H2,11,12,13);1-3H,(H3,10,11,12,13);1-2H,(H3,4,5,6);2H,1H3;;1H. The van der Waals surface area contributed by atoms with Crippen LogP contribution in [0.15, 0.2) is 195 Å². The van der Waals surface area contributed by atoms with Crippen LogP contribution in [0.1, 0.15) is 78.7 Å². The van der Waals surface area contributed by atoms with Crippen molar-refractivity contribution in [1.82, 2.24) is 120 Å². The highest BCUT2D eigenvalue weighted by Crippen LogP contribution is 2.61. The van der Waals surface area contributed by atoms with Gasteiger partial charge in [-0.05, 0) is 203 Å². The maximum absolute atomic E-state index is 11.3. The molecule has 22 N–H and O–H groups in total. The van der Waals surface area contributed by atoms with Crippen LogP contribution >= 0.6 is 111 Å². The largest absolute Gasteiger partial charge is 0.514 e. The summed E-state index contributed by atoms with van der Waals surface area (Å²) in [6, 6.07) is 41.4. The van der Waals surface area contributed by atoms with Crippen molar-refractivity contribution >= 4 is 248 Å². The monoisotopic (exact) mass is 2050 g/mol. The first-order valence-electron chi connectivity index (χ1n) is 38.5. The van der Waals surface area contributed by atoms with Gasteiger partial charge < -0.3 is 74.2 Å². The number of hydrogen-bond acceptors (Lipinski definition) is 32. The Kier molecular flexibility index (Phi) is 33.9. The van der Waals surface area contributed by atoms with E-state index in [0.717, 1.165) is 155 Å². The van der Waals surface area contributed by atoms with E-state index in [1.54, 1.807) is 67.6 Å². The van der Waals surface area contributed by atoms with Gasteiger partial charge in [-0.3, -0.25) is 39.8 Å². The van der Waals surface area contributed by atoms with Gasteiger partial charge in [0, 0.05) is 103 Å². The van der Waals surface area contributed by atoms with Crippen molar-refractivity contribution in [2.45, 2.75) is 89.9 Å². The van der Waals surface area contributed by atoms with Crippen LogP contribution in [-0.4, -0.2) is 164 Å². The molecule has 20 rings (SSSR count). The van der Waals surface area contributed by atoms with E-state index in [-0.39, 0.29) is 78.5 Å². The van der Waals surface area contributed by atoms with Gasteiger partial charge in [0.2, 0.25) is 29.7 Å². The summed E-state index contributed by atoms with van der Waals surface area (Å²) in [7, 11) is 0.619. The van der Waals surface area contributed by atoms with Crippen molar-refractivity contribution in [3.8, 4) is 22.5 Å². The van der Waals surface area contributed by atoms with E-state index in [2.05, 4.69) is 236 Å². The molecule has 0 saturated carbocycles. The highest BCUT2D eigenvalue weighted by molar-refractivity contribution is 9.11. The molecule has 0 bridgehead atoms. The minimum Gasteiger partial charge on any atom is -0.400 e. The molecule has 3 fully saturated rings. The normalized spacial score (nSPS) is 14.7. The van der Waals surface area contributed by atoms with E-state index in [4.69, 9.17) is 69.9 Å². The number of nitrogens with one attached hydrogen (secondary N) is 9. The number of nitrogens with zero attached hydrogens (tertiary/aromatic N) is 18. The van der Waals surface area contributed by atoms with Gasteiger partial charge in [0.25, 0.3) is 5.56 Å². The fourth-order valence-electron chi connectivity index (χ4n) is 12.6. The first-order valence-corrected chi connectivity index (χ1v) is 45.6. The van der Waals surface area contributed by atoms with Crippen LogP contribution < -0.4 is 61.5 Å². The van der Waals surface area contributed by atoms with Gasteiger partial charge in [0.1, 0.15) is 52.1 Å². The highest BCUT2D eigenvalue weighted by Gasteiger charge is 2.53. The molecule has 128 heavy (non-hydrogen) atoms. The Bertz CT molecular complexity index is 6540. The van der Waals surface area contributed by atoms with Crippen molar-refractivity contribution in [2.75, 3.05) is 70.7 Å². The van der Waals surface area contributed by atoms with Crippen LogP contribution in [0.2, 0.25) is 5.15 Å². The maximum atomic E-state index is 11.3. The molecular formula is C78H85BBr3Cl5N33O7P. The van der Waals surface area contributed by atoms with E-state index in [9.17, 15) is 9.36 Å². The number of fused-ring (bicyclic) bond motifs is 5. The average Bonchev–Trinajstić information content (AvgIpc) is 1.60. The third-order valence-electron chi connectivity index (χ3n) is 19.0. The molecule has 0 amide bonds. The number of anilines is 12. The number of rotatable bonds is 11. The summed E-state index contributed by atoms with van der Waals surface area (Å²) in [4.78, 5) is 51.3. The number of nitrogen functional groups attached to an aromatic ring is 6. The lowest BCUT2D eigenvalue weighted by molar-refractivity contribution is -0.0383. The molecule has 17 aromatic rings. The molecule has 0 radical (unpaired) electrons. The molecule has 2 atom stereocenters. The molecule has 2 unspecified atom stereocenters. The van der Waals surface area contributed by atoms with E-state index in [0.29, 0.717) is 39.3 Å². The summed E-state index contributed by atoms with van der Waals surface area (Å²) in [5.41, 5.74) is 41.0. The Hall–Kier alpha value is -11.7. The number of benzene rings is 5. The summed E-state index contributed by atoms with van der Waals surface area (Å²) in [6.45, 7) is 9.81. The molecular weight excluding hydrogens is 1970 g/mol. The summed E-state index contributed by atoms with van der Waals surface area (Å²) in [5, 5.41) is 59.7. The van der Waals surface area contributed by atoms with Crippen molar-refractivity contribution < 1.29 is 28.5 Å². The fraction of sp³-hybridized carbons (Fsp3) is 0.218. The summed E-state index contributed by atoms with van der Waals surface area (Å²) in [6.07, 6.45) is 18.4. The lowest BCUT2D eigenvalue weighted by Gasteiger charge is -2.32. The number of halogens is 8. The predicted molar refractivity (Wildman–Crippen MR) is 514 cm³/mol. The predicted octanol–water partition coefficient (Wildman–Crippen LogP) is 16.4. The zero-order chi connectivity index (χ0) is 90.5. The van der Waals surface area contributed by atoms with E-state index >= 15 is 0 Å². The van der Waals surface area contributed by atoms with Gasteiger partial charge in [0.15, 0.2) is 6.23 Å². The molecule has 3 aliphatic rings. The van der Waals surface area contributed by atoms with Gasteiger partial charge in [0.05, 0.1) is 85.9 Å². The Morgan fingerprint density at radius 1 is 0.469 bits per heavy atom. The second-order valence-electron chi connectivity index (χ2n) is 28.3. The van der Waals surface area contributed by atoms with Gasteiger partial charge in [-0.15, -0.1) is 12.4 Å². The number of aliphatic hydroxyl groups excluding tert-OH is 1. The van der Waals surface area contributed by atoms with Crippen LogP contribution in [0.5, 0.6) is 0 Å². The van der Waals surface area contributed by atoms with Crippen molar-refractivity contribution in [2.24, 2.45) is 0 Å². The fourth-order valence-corrected chi connectivity index (χ4v) is 13.9. The number of nitrogens with two attached hydrogens (primary N) is 6. The molecule has 3 saturated heterocycles. The van der Waals surface area contributed by atoms with Crippen LogP contribution in [0.4, 0.5) is 70.5 Å². The quantitative estimate of drug-likeness (QED) is 0.0325. The molecule has 668 valence electrons. The molecule has 50 heteroatoms. The zero-order valence-electron chi connectivity index (χ0n) is 68.5. The molecule has 5 aromatic carbocycles. The summed E-state index contributed by atoms with van der Waals surface area (Å²) in [5.74, 6) is 5.68. The summed E-state index contributed by atoms with van der Waals surface area (Å²) < 4.78 is 40.1. The third-order valence-corrected chi connectivity index (χ3v) is 20.8. The Balaban J connectivity index is 0.000000147. The molecule has 40 nitrogen and oxygen atoms in total. The smallest absolute Gasteiger partial charge is 0.400 e. The van der Waals surface area contributed by atoms with Crippen LogP contribution in [0, 0.1) is 0 Å². The number of hydrogen-bond donors (Lipinski definition) is 16. The van der Waals surface area contributed by atoms with Crippen molar-refractivity contribution in [3.63, 3.8) is 0 Å². The molecule has 0 spiro atoms. The number of ether oxygens (including phenoxy) is 2. The van der Waals surface area contributed by atoms with Crippen molar-refractivity contribution in [1.29, 1.82) is 0 Å². The van der Waals surface area contributed by atoms with E-state index in [1.807, 2.05) is 119 Å². The van der Waals surface area contributed by atoms with Crippen LogP contribution in [0.3, 0.4) is 0 Å². The Morgan fingerprint density at radius 2 is 0.867 bits per heavy atom. The highest BCUT2D eigenvalue weighted by atomic mass is 79.9. The second kappa shape index (κ2) is 44.8. The third kappa shape index (κ3) is 26.5. The number of aromatic nitrogens is 24. The van der Waals surface area contributed by atoms with Crippen molar-refractivity contribution in [3.05, 3.63) is 206 Å². The van der Waals surface area contributed by atoms with Gasteiger partial charge in [-0.2, -0.15) is 50.6 Å². The lowest BCUT2D eigenvalue weighted by atomic mass is 9.84. The first kappa shape index (κ1) is 96.9. The number of aliphatic hydroxyl groups is 1.